The Morgan fingerprint density at radius 2 is 1.73 bits per heavy atom. The lowest BCUT2D eigenvalue weighted by Crippen LogP contribution is -2.32. The van der Waals surface area contributed by atoms with E-state index in [0.717, 1.165) is 38.3 Å². The fourth-order valence-corrected chi connectivity index (χ4v) is 3.18. The van der Waals surface area contributed by atoms with Crippen molar-refractivity contribution in [2.75, 3.05) is 33.3 Å². The van der Waals surface area contributed by atoms with E-state index in [2.05, 4.69) is 52.7 Å². The Kier molecular flexibility index (Phi) is 5.09. The molecule has 1 atom stereocenters. The predicted octanol–water partition coefficient (Wildman–Crippen LogP) is 3.09. The molecule has 2 aromatic rings. The molecule has 0 aromatic heterocycles. The number of hydrogen-bond donors (Lipinski definition) is 0. The van der Waals surface area contributed by atoms with Crippen LogP contribution in [0.1, 0.15) is 23.6 Å². The number of methoxy groups -OCH3 is 1. The fourth-order valence-electron chi connectivity index (χ4n) is 3.18. The van der Waals surface area contributed by atoms with Crippen molar-refractivity contribution in [3.63, 3.8) is 0 Å². The summed E-state index contributed by atoms with van der Waals surface area (Å²) in [5.41, 5.74) is 2.55. The molecule has 1 aliphatic heterocycles. The van der Waals surface area contributed by atoms with E-state index in [1.54, 1.807) is 7.11 Å². The summed E-state index contributed by atoms with van der Waals surface area (Å²) in [7, 11) is 1.75. The van der Waals surface area contributed by atoms with Crippen LogP contribution in [0.25, 0.3) is 0 Å². The van der Waals surface area contributed by atoms with Gasteiger partial charge in [-0.3, -0.25) is 4.90 Å². The first-order chi connectivity index (χ1) is 10.9. The Balaban J connectivity index is 2.02. The third kappa shape index (κ3) is 3.32. The molecule has 0 spiro atoms. The normalized spacial score (nSPS) is 17.7. The van der Waals surface area contributed by atoms with Crippen LogP contribution >= 0.6 is 0 Å². The van der Waals surface area contributed by atoms with E-state index in [-0.39, 0.29) is 6.04 Å². The van der Waals surface area contributed by atoms with Crippen LogP contribution in [-0.4, -0.2) is 38.2 Å². The van der Waals surface area contributed by atoms with Gasteiger partial charge in [0, 0.05) is 31.7 Å². The second-order valence-corrected chi connectivity index (χ2v) is 5.62. The van der Waals surface area contributed by atoms with Crippen LogP contribution in [0.2, 0.25) is 0 Å². The number of ether oxygens (including phenoxy) is 1. The van der Waals surface area contributed by atoms with E-state index >= 15 is 0 Å². The second kappa shape index (κ2) is 7.43. The average molecular weight is 295 g/mol. The minimum atomic E-state index is 0.227. The van der Waals surface area contributed by atoms with Gasteiger partial charge in [0.2, 0.25) is 0 Å². The number of nitrogens with zero attached hydrogens (tertiary/aromatic N) is 2. The first kappa shape index (κ1) is 15.1. The highest BCUT2D eigenvalue weighted by Gasteiger charge is 2.25. The molecule has 1 saturated heterocycles. The molecule has 3 nitrogen and oxygen atoms in total. The quantitative estimate of drug-likeness (QED) is 0.866. The number of rotatable bonds is 4. The van der Waals surface area contributed by atoms with Gasteiger partial charge in [-0.1, -0.05) is 48.5 Å². The predicted molar refractivity (Wildman–Crippen MR) is 89.3 cm³/mol. The van der Waals surface area contributed by atoms with Gasteiger partial charge in [-0.25, -0.2) is 5.32 Å². The molecule has 1 heterocycles. The van der Waals surface area contributed by atoms with Gasteiger partial charge in [0.15, 0.2) is 0 Å². The molecule has 1 fully saturated rings. The molecule has 3 heteroatoms. The Labute approximate surface area is 132 Å². The van der Waals surface area contributed by atoms with Crippen molar-refractivity contribution < 1.29 is 4.74 Å². The summed E-state index contributed by atoms with van der Waals surface area (Å²) in [6.07, 6.45) is 1.12. The lowest BCUT2D eigenvalue weighted by atomic mass is 9.96. The Morgan fingerprint density at radius 3 is 2.55 bits per heavy atom. The molecule has 1 unspecified atom stereocenters. The topological polar surface area (TPSA) is 26.6 Å². The first-order valence-electron chi connectivity index (χ1n) is 7.95. The van der Waals surface area contributed by atoms with Crippen LogP contribution in [-0.2, 0) is 0 Å². The summed E-state index contributed by atoms with van der Waals surface area (Å²) in [5, 5.41) is 4.56. The summed E-state index contributed by atoms with van der Waals surface area (Å²) in [5.74, 6) is 0.956. The summed E-state index contributed by atoms with van der Waals surface area (Å²) in [4.78, 5) is 2.53. The summed E-state index contributed by atoms with van der Waals surface area (Å²) < 4.78 is 5.62. The van der Waals surface area contributed by atoms with Gasteiger partial charge in [-0.2, -0.15) is 0 Å². The van der Waals surface area contributed by atoms with Crippen LogP contribution in [0, 0.1) is 0 Å². The smallest absolute Gasteiger partial charge is 0.123 e. The zero-order chi connectivity index (χ0) is 15.2. The van der Waals surface area contributed by atoms with Crippen LogP contribution in [0.4, 0.5) is 0 Å². The zero-order valence-corrected chi connectivity index (χ0v) is 13.1. The van der Waals surface area contributed by atoms with Gasteiger partial charge in [0.25, 0.3) is 0 Å². The van der Waals surface area contributed by atoms with Gasteiger partial charge >= 0.3 is 0 Å². The third-order valence-electron chi connectivity index (χ3n) is 4.22. The van der Waals surface area contributed by atoms with Gasteiger partial charge in [-0.05, 0) is 18.1 Å². The molecule has 115 valence electrons. The van der Waals surface area contributed by atoms with E-state index in [1.807, 2.05) is 12.1 Å². The van der Waals surface area contributed by atoms with Gasteiger partial charge in [-0.15, -0.1) is 0 Å². The number of benzene rings is 2. The summed E-state index contributed by atoms with van der Waals surface area (Å²) in [6.45, 7) is 3.96. The van der Waals surface area contributed by atoms with Crippen molar-refractivity contribution in [2.45, 2.75) is 12.5 Å². The summed E-state index contributed by atoms with van der Waals surface area (Å²) in [6, 6.07) is 19.3. The molecule has 0 saturated carbocycles. The van der Waals surface area contributed by atoms with E-state index < -0.39 is 0 Å². The molecule has 0 N–H and O–H groups in total. The maximum absolute atomic E-state index is 5.62. The molecule has 2 aromatic carbocycles. The molecule has 0 aliphatic carbocycles. The highest BCUT2D eigenvalue weighted by Crippen LogP contribution is 2.34. The first-order valence-corrected chi connectivity index (χ1v) is 7.95. The lowest BCUT2D eigenvalue weighted by Gasteiger charge is -2.32. The van der Waals surface area contributed by atoms with Crippen LogP contribution in [0.5, 0.6) is 5.75 Å². The van der Waals surface area contributed by atoms with Crippen molar-refractivity contribution >= 4 is 0 Å². The largest absolute Gasteiger partial charge is 0.496 e. The Bertz CT molecular complexity index is 577. The zero-order valence-electron chi connectivity index (χ0n) is 13.1. The molecule has 1 radical (unpaired) electrons. The van der Waals surface area contributed by atoms with Gasteiger partial charge < -0.3 is 4.74 Å². The van der Waals surface area contributed by atoms with E-state index in [1.165, 1.54) is 11.1 Å². The minimum Gasteiger partial charge on any atom is -0.496 e. The SMILES string of the molecule is COc1ccccc1C(c1ccccc1)N1CCC[N]CC1. The Hall–Kier alpha value is -1.84. The maximum atomic E-state index is 5.62. The molecular formula is C19H23N2O. The number of hydrogen-bond acceptors (Lipinski definition) is 2. The maximum Gasteiger partial charge on any atom is 0.123 e. The minimum absolute atomic E-state index is 0.227. The van der Waals surface area contributed by atoms with E-state index in [4.69, 9.17) is 4.74 Å². The van der Waals surface area contributed by atoms with Crippen molar-refractivity contribution in [2.24, 2.45) is 0 Å². The summed E-state index contributed by atoms with van der Waals surface area (Å²) >= 11 is 0. The fraction of sp³-hybridized carbons (Fsp3) is 0.368. The van der Waals surface area contributed by atoms with Gasteiger partial charge in [0.1, 0.15) is 5.75 Å². The number of para-hydroxylation sites is 1. The van der Waals surface area contributed by atoms with Crippen LogP contribution in [0.15, 0.2) is 54.6 Å². The highest BCUT2D eigenvalue weighted by atomic mass is 16.5. The average Bonchev–Trinajstić information content (AvgIpc) is 2.86. The Morgan fingerprint density at radius 1 is 0.955 bits per heavy atom. The van der Waals surface area contributed by atoms with Crippen molar-refractivity contribution in [1.82, 2.24) is 10.2 Å². The molecular weight excluding hydrogens is 272 g/mol. The van der Waals surface area contributed by atoms with Crippen molar-refractivity contribution in [1.29, 1.82) is 0 Å². The van der Waals surface area contributed by atoms with Crippen molar-refractivity contribution in [3.8, 4) is 5.75 Å². The molecule has 3 rings (SSSR count). The second-order valence-electron chi connectivity index (χ2n) is 5.62. The van der Waals surface area contributed by atoms with Crippen LogP contribution < -0.4 is 10.1 Å². The monoisotopic (exact) mass is 295 g/mol. The van der Waals surface area contributed by atoms with E-state index in [0.29, 0.717) is 0 Å². The lowest BCUT2D eigenvalue weighted by molar-refractivity contribution is 0.236. The molecule has 0 amide bonds. The van der Waals surface area contributed by atoms with Gasteiger partial charge in [0.05, 0.1) is 13.2 Å². The highest BCUT2D eigenvalue weighted by molar-refractivity contribution is 5.41. The molecule has 0 bridgehead atoms. The molecule has 22 heavy (non-hydrogen) atoms. The standard InChI is InChI=1S/C19H23N2O/c1-22-18-11-6-5-10-17(18)19(16-8-3-2-4-9-16)21-14-7-12-20-13-15-21/h2-6,8-11,19H,7,12-15H2,1H3. The van der Waals surface area contributed by atoms with Crippen LogP contribution in [0.3, 0.4) is 0 Å². The van der Waals surface area contributed by atoms with E-state index in [9.17, 15) is 0 Å². The molecule has 1 aliphatic rings. The third-order valence-corrected chi connectivity index (χ3v) is 4.22. The van der Waals surface area contributed by atoms with Crippen molar-refractivity contribution in [3.05, 3.63) is 65.7 Å².